The van der Waals surface area contributed by atoms with Gasteiger partial charge in [0.2, 0.25) is 0 Å². The average molecular weight is 466 g/mol. The van der Waals surface area contributed by atoms with Crippen LogP contribution in [0, 0.1) is 12.7 Å². The number of halogens is 3. The Morgan fingerprint density at radius 1 is 1.41 bits per heavy atom. The van der Waals surface area contributed by atoms with Gasteiger partial charge in [0.25, 0.3) is 12.3 Å². The largest absolute Gasteiger partial charge is 0.487 e. The molecule has 1 aliphatic heterocycles. The SMILES string of the molecule is Cc1c(C(N)=O)sc2ncnc(Nc3ccc(F)cc3OC3CCCN(CC(F)F)C3)c12. The third-order valence-corrected chi connectivity index (χ3v) is 6.51. The molecule has 3 heterocycles. The fraction of sp³-hybridized carbons (Fsp3) is 0.381. The second-order valence-corrected chi connectivity index (χ2v) is 8.62. The lowest BCUT2D eigenvalue weighted by Gasteiger charge is -2.33. The van der Waals surface area contributed by atoms with Gasteiger partial charge in [-0.1, -0.05) is 0 Å². The van der Waals surface area contributed by atoms with Crippen molar-refractivity contribution in [1.82, 2.24) is 14.9 Å². The molecule has 4 rings (SSSR count). The number of aryl methyl sites for hydroxylation is 1. The number of thiophene rings is 1. The number of nitrogens with zero attached hydrogens (tertiary/aromatic N) is 3. The third kappa shape index (κ3) is 4.78. The number of hydrogen-bond acceptors (Lipinski definition) is 7. The van der Waals surface area contributed by atoms with Gasteiger partial charge in [-0.25, -0.2) is 23.1 Å². The quantitative estimate of drug-likeness (QED) is 0.546. The highest BCUT2D eigenvalue weighted by Crippen LogP contribution is 2.36. The Balaban J connectivity index is 1.61. The van der Waals surface area contributed by atoms with E-state index in [1.165, 1.54) is 35.9 Å². The highest BCUT2D eigenvalue weighted by atomic mass is 32.1. The maximum atomic E-state index is 14.0. The molecule has 7 nitrogen and oxygen atoms in total. The van der Waals surface area contributed by atoms with E-state index in [4.69, 9.17) is 10.5 Å². The first kappa shape index (κ1) is 22.3. The molecule has 2 aromatic heterocycles. The van der Waals surface area contributed by atoms with Crippen molar-refractivity contribution in [3.63, 3.8) is 0 Å². The number of alkyl halides is 2. The van der Waals surface area contributed by atoms with E-state index in [-0.39, 0.29) is 18.4 Å². The molecule has 0 radical (unpaired) electrons. The lowest BCUT2D eigenvalue weighted by Crippen LogP contribution is -2.43. The highest BCUT2D eigenvalue weighted by molar-refractivity contribution is 7.20. The Morgan fingerprint density at radius 2 is 2.22 bits per heavy atom. The molecular formula is C21H22F3N5O2S. The number of piperidine rings is 1. The van der Waals surface area contributed by atoms with Crippen LogP contribution >= 0.6 is 11.3 Å². The Kier molecular flexibility index (Phi) is 6.47. The summed E-state index contributed by atoms with van der Waals surface area (Å²) in [5.74, 6) is -0.353. The zero-order valence-corrected chi connectivity index (χ0v) is 18.1. The van der Waals surface area contributed by atoms with E-state index < -0.39 is 18.1 Å². The molecule has 0 saturated carbocycles. The summed E-state index contributed by atoms with van der Waals surface area (Å²) in [6.07, 6.45) is -0.0109. The maximum Gasteiger partial charge on any atom is 0.259 e. The van der Waals surface area contributed by atoms with Gasteiger partial charge in [-0.2, -0.15) is 0 Å². The van der Waals surface area contributed by atoms with Gasteiger partial charge < -0.3 is 15.8 Å². The Hall–Kier alpha value is -2.92. The minimum absolute atomic E-state index is 0.253. The molecule has 3 N–H and O–H groups in total. The van der Waals surface area contributed by atoms with Crippen LogP contribution in [-0.2, 0) is 0 Å². The van der Waals surface area contributed by atoms with Crippen molar-refractivity contribution in [3.05, 3.63) is 40.8 Å². The molecule has 3 aromatic rings. The molecule has 170 valence electrons. The number of amides is 1. The smallest absolute Gasteiger partial charge is 0.259 e. The Labute approximate surface area is 186 Å². The van der Waals surface area contributed by atoms with Crippen molar-refractivity contribution < 1.29 is 22.7 Å². The van der Waals surface area contributed by atoms with Crippen LogP contribution in [0.5, 0.6) is 5.75 Å². The van der Waals surface area contributed by atoms with Crippen LogP contribution in [0.3, 0.4) is 0 Å². The van der Waals surface area contributed by atoms with Crippen molar-refractivity contribution in [1.29, 1.82) is 0 Å². The molecule has 1 amide bonds. The van der Waals surface area contributed by atoms with Gasteiger partial charge in [0.05, 0.1) is 22.5 Å². The van der Waals surface area contributed by atoms with Crippen LogP contribution in [0.4, 0.5) is 24.7 Å². The zero-order valence-electron chi connectivity index (χ0n) is 17.3. The van der Waals surface area contributed by atoms with Crippen molar-refractivity contribution in [2.24, 2.45) is 5.73 Å². The monoisotopic (exact) mass is 465 g/mol. The molecule has 1 aromatic carbocycles. The molecule has 0 spiro atoms. The van der Waals surface area contributed by atoms with Crippen LogP contribution in [0.25, 0.3) is 10.2 Å². The molecule has 1 aliphatic rings. The van der Waals surface area contributed by atoms with E-state index in [1.54, 1.807) is 11.8 Å². The van der Waals surface area contributed by atoms with Crippen LogP contribution in [-0.4, -0.2) is 52.9 Å². The topological polar surface area (TPSA) is 93.4 Å². The number of anilines is 2. The van der Waals surface area contributed by atoms with Gasteiger partial charge in [0, 0.05) is 12.6 Å². The molecule has 1 fully saturated rings. The standard InChI is InChI=1S/C21H22F3N5O2S/c1-11-17-20(26-10-27-21(17)32-18(11)19(25)30)28-14-5-4-12(22)7-15(14)31-13-3-2-6-29(8-13)9-16(23)24/h4-5,7,10,13,16H,2-3,6,8-9H2,1H3,(H2,25,30)(H,26,27,28). The summed E-state index contributed by atoms with van der Waals surface area (Å²) in [7, 11) is 0. The fourth-order valence-corrected chi connectivity index (χ4v) is 4.88. The number of rotatable bonds is 7. The second kappa shape index (κ2) is 9.29. The first-order chi connectivity index (χ1) is 15.3. The lowest BCUT2D eigenvalue weighted by molar-refractivity contribution is 0.0384. The summed E-state index contributed by atoms with van der Waals surface area (Å²) in [5.41, 5.74) is 6.57. The van der Waals surface area contributed by atoms with Gasteiger partial charge in [-0.3, -0.25) is 9.69 Å². The summed E-state index contributed by atoms with van der Waals surface area (Å²) < 4.78 is 45.6. The van der Waals surface area contributed by atoms with Crippen LogP contribution in [0.2, 0.25) is 0 Å². The van der Waals surface area contributed by atoms with Crippen molar-refractivity contribution >= 4 is 39.0 Å². The van der Waals surface area contributed by atoms with Crippen molar-refractivity contribution in [3.8, 4) is 5.75 Å². The van der Waals surface area contributed by atoms with Crippen LogP contribution in [0.1, 0.15) is 28.1 Å². The van der Waals surface area contributed by atoms with Crippen molar-refractivity contribution in [2.75, 3.05) is 25.0 Å². The summed E-state index contributed by atoms with van der Waals surface area (Å²) in [6, 6.07) is 4.06. The van der Waals surface area contributed by atoms with E-state index in [9.17, 15) is 18.0 Å². The number of benzene rings is 1. The first-order valence-corrected chi connectivity index (χ1v) is 10.9. The molecule has 1 unspecified atom stereocenters. The second-order valence-electron chi connectivity index (χ2n) is 7.62. The van der Waals surface area contributed by atoms with E-state index in [0.717, 1.165) is 0 Å². The molecule has 0 aliphatic carbocycles. The van der Waals surface area contributed by atoms with Gasteiger partial charge in [-0.15, -0.1) is 11.3 Å². The number of primary amides is 1. The third-order valence-electron chi connectivity index (χ3n) is 5.30. The molecular weight excluding hydrogens is 443 g/mol. The number of ether oxygens (including phenoxy) is 1. The maximum absolute atomic E-state index is 14.0. The highest BCUT2D eigenvalue weighted by Gasteiger charge is 2.25. The fourth-order valence-electron chi connectivity index (χ4n) is 3.88. The van der Waals surface area contributed by atoms with E-state index in [2.05, 4.69) is 15.3 Å². The normalized spacial score (nSPS) is 17.1. The number of nitrogens with two attached hydrogens (primary N) is 1. The number of carbonyl (C=O) groups excluding carboxylic acids is 1. The van der Waals surface area contributed by atoms with Gasteiger partial charge >= 0.3 is 0 Å². The van der Waals surface area contributed by atoms with Crippen molar-refractivity contribution in [2.45, 2.75) is 32.3 Å². The van der Waals surface area contributed by atoms with E-state index >= 15 is 0 Å². The number of fused-ring (bicyclic) bond motifs is 1. The minimum Gasteiger partial charge on any atom is -0.487 e. The minimum atomic E-state index is -2.42. The Bertz CT molecular complexity index is 1140. The lowest BCUT2D eigenvalue weighted by atomic mass is 10.1. The average Bonchev–Trinajstić information content (AvgIpc) is 3.08. The molecule has 0 bridgehead atoms. The van der Waals surface area contributed by atoms with Gasteiger partial charge in [0.15, 0.2) is 0 Å². The molecule has 32 heavy (non-hydrogen) atoms. The van der Waals surface area contributed by atoms with Crippen LogP contribution in [0.15, 0.2) is 24.5 Å². The predicted molar refractivity (Wildman–Crippen MR) is 116 cm³/mol. The number of nitrogens with one attached hydrogen (secondary N) is 1. The van der Waals surface area contributed by atoms with E-state index in [0.29, 0.717) is 58.1 Å². The van der Waals surface area contributed by atoms with Crippen LogP contribution < -0.4 is 15.8 Å². The Morgan fingerprint density at radius 3 is 2.97 bits per heavy atom. The number of hydrogen-bond donors (Lipinski definition) is 2. The summed E-state index contributed by atoms with van der Waals surface area (Å²) >= 11 is 1.17. The van der Waals surface area contributed by atoms with E-state index in [1.807, 2.05) is 0 Å². The predicted octanol–water partition coefficient (Wildman–Crippen LogP) is 4.09. The van der Waals surface area contributed by atoms with Gasteiger partial charge in [0.1, 0.15) is 34.6 Å². The number of aromatic nitrogens is 2. The molecule has 1 atom stereocenters. The number of carbonyl (C=O) groups is 1. The number of likely N-dealkylation sites (tertiary alicyclic amines) is 1. The van der Waals surface area contributed by atoms with Gasteiger partial charge in [-0.05, 0) is 44.0 Å². The first-order valence-electron chi connectivity index (χ1n) is 10.1. The summed E-state index contributed by atoms with van der Waals surface area (Å²) in [6.45, 7) is 2.36. The zero-order chi connectivity index (χ0) is 22.8. The summed E-state index contributed by atoms with van der Waals surface area (Å²) in [5, 5.41) is 3.79. The summed E-state index contributed by atoms with van der Waals surface area (Å²) in [4.78, 5) is 22.8. The molecule has 11 heteroatoms. The molecule has 1 saturated heterocycles.